The van der Waals surface area contributed by atoms with Crippen LogP contribution < -0.4 is 4.90 Å². The van der Waals surface area contributed by atoms with Crippen LogP contribution in [0.1, 0.15) is 17.7 Å². The monoisotopic (exact) mass is 534 g/mol. The van der Waals surface area contributed by atoms with Crippen LogP contribution in [0.5, 0.6) is 0 Å². The van der Waals surface area contributed by atoms with Crippen molar-refractivity contribution in [2.75, 3.05) is 11.4 Å². The number of nitro benzene ring substituents is 1. The van der Waals surface area contributed by atoms with Gasteiger partial charge in [-0.25, -0.2) is 4.79 Å². The molecule has 1 aliphatic rings. The van der Waals surface area contributed by atoms with Crippen LogP contribution in [0.2, 0.25) is 0 Å². The van der Waals surface area contributed by atoms with Crippen LogP contribution >= 0.6 is 0 Å². The molecule has 200 valence electrons. The summed E-state index contributed by atoms with van der Waals surface area (Å²) in [5.74, 6) is -0.259. The molecular weight excluding hydrogens is 508 g/mol. The largest absolute Gasteiger partial charge is 0.480 e. The molecule has 0 aliphatic carbocycles. The fraction of sp³-hybridized carbons (Fsp3) is 0.156. The Morgan fingerprint density at radius 1 is 0.925 bits per heavy atom. The number of nitrogens with zero attached hydrogens (tertiary/aromatic N) is 2. The van der Waals surface area contributed by atoms with Crippen molar-refractivity contribution in [1.82, 2.24) is 0 Å². The van der Waals surface area contributed by atoms with Crippen molar-refractivity contribution in [3.05, 3.63) is 118 Å². The smallest absolute Gasteiger partial charge is 0.326 e. The molecule has 0 bridgehead atoms. The van der Waals surface area contributed by atoms with Gasteiger partial charge in [0.15, 0.2) is 0 Å². The maximum atomic E-state index is 12.0. The summed E-state index contributed by atoms with van der Waals surface area (Å²) in [6, 6.07) is 29.6. The molecule has 0 amide bonds. The molecule has 8 nitrogen and oxygen atoms in total. The molecule has 0 radical (unpaired) electrons. The van der Waals surface area contributed by atoms with E-state index in [0.717, 1.165) is 39.0 Å². The van der Waals surface area contributed by atoms with Gasteiger partial charge in [-0.05, 0) is 34.4 Å². The van der Waals surface area contributed by atoms with Crippen LogP contribution in [0.25, 0.3) is 33.2 Å². The first-order valence-corrected chi connectivity index (χ1v) is 13.0. The average Bonchev–Trinajstić information content (AvgIpc) is 3.53. The Bertz CT molecular complexity index is 1710. The fourth-order valence-corrected chi connectivity index (χ4v) is 5.55. The van der Waals surface area contributed by atoms with Gasteiger partial charge in [0, 0.05) is 36.4 Å². The van der Waals surface area contributed by atoms with Gasteiger partial charge in [0.25, 0.3) is 5.69 Å². The Labute approximate surface area is 229 Å². The van der Waals surface area contributed by atoms with Gasteiger partial charge in [0.05, 0.1) is 11.0 Å². The van der Waals surface area contributed by atoms with E-state index in [-0.39, 0.29) is 24.3 Å². The van der Waals surface area contributed by atoms with Gasteiger partial charge in [-0.1, -0.05) is 78.9 Å². The molecule has 2 atom stereocenters. The van der Waals surface area contributed by atoms with Crippen LogP contribution in [0, 0.1) is 10.1 Å². The van der Waals surface area contributed by atoms with E-state index in [9.17, 15) is 25.1 Å². The first kappa shape index (κ1) is 25.3. The summed E-state index contributed by atoms with van der Waals surface area (Å²) in [5, 5.41) is 32.6. The van der Waals surface area contributed by atoms with E-state index in [1.165, 1.54) is 11.0 Å². The standard InChI is InChI=1S/C32H26N2O6/c35-24-18-28(32(36)37)33(19-24)26-15-14-23(17-27(26)34(38)39)21-10-12-22(13-11-21)31-25-8-4-5-9-29(25)40-30(31)16-20-6-2-1-3-7-20/h1-15,17,24,28,35H,16,18-19H2,(H,36,37). The van der Waals surface area contributed by atoms with Gasteiger partial charge in [-0.15, -0.1) is 0 Å². The van der Waals surface area contributed by atoms with Crippen molar-refractivity contribution in [2.24, 2.45) is 0 Å². The minimum absolute atomic E-state index is 0.0185. The maximum Gasteiger partial charge on any atom is 0.326 e. The molecule has 8 heteroatoms. The van der Waals surface area contributed by atoms with E-state index >= 15 is 0 Å². The first-order chi connectivity index (χ1) is 19.4. The van der Waals surface area contributed by atoms with Crippen molar-refractivity contribution in [1.29, 1.82) is 0 Å². The van der Waals surface area contributed by atoms with Gasteiger partial charge in [-0.3, -0.25) is 10.1 Å². The molecule has 2 unspecified atom stereocenters. The van der Waals surface area contributed by atoms with Crippen molar-refractivity contribution in [3.8, 4) is 22.3 Å². The number of para-hydroxylation sites is 1. The maximum absolute atomic E-state index is 12.0. The van der Waals surface area contributed by atoms with Crippen molar-refractivity contribution in [3.63, 3.8) is 0 Å². The Hall–Kier alpha value is -4.95. The van der Waals surface area contributed by atoms with Gasteiger partial charge in [0.1, 0.15) is 23.1 Å². The number of hydrogen-bond acceptors (Lipinski definition) is 6. The second-order valence-corrected chi connectivity index (χ2v) is 9.99. The zero-order chi connectivity index (χ0) is 27.8. The van der Waals surface area contributed by atoms with E-state index in [0.29, 0.717) is 12.0 Å². The fourth-order valence-electron chi connectivity index (χ4n) is 5.55. The minimum atomic E-state index is -1.12. The van der Waals surface area contributed by atoms with Gasteiger partial charge >= 0.3 is 5.97 Å². The lowest BCUT2D eigenvalue weighted by Crippen LogP contribution is -2.36. The Balaban J connectivity index is 1.36. The van der Waals surface area contributed by atoms with Crippen molar-refractivity contribution < 1.29 is 24.3 Å². The third-order valence-corrected chi connectivity index (χ3v) is 7.43. The number of β-amino-alcohol motifs (C(OH)–C–C–N with tert-alkyl or cyclic N) is 1. The lowest BCUT2D eigenvalue weighted by atomic mass is 9.96. The summed E-state index contributed by atoms with van der Waals surface area (Å²) >= 11 is 0. The van der Waals surface area contributed by atoms with E-state index in [1.54, 1.807) is 12.1 Å². The highest BCUT2D eigenvalue weighted by atomic mass is 16.6. The zero-order valence-electron chi connectivity index (χ0n) is 21.4. The number of rotatable bonds is 7. The highest BCUT2D eigenvalue weighted by Gasteiger charge is 2.39. The third-order valence-electron chi connectivity index (χ3n) is 7.43. The molecule has 1 aromatic heterocycles. The SMILES string of the molecule is O=C(O)C1CC(O)CN1c1ccc(-c2ccc(-c3c(Cc4ccccc4)oc4ccccc34)cc2)cc1[N+](=O)[O-]. The second-order valence-electron chi connectivity index (χ2n) is 9.99. The molecule has 1 aliphatic heterocycles. The summed E-state index contributed by atoms with van der Waals surface area (Å²) in [6.45, 7) is 0.0236. The van der Waals surface area contributed by atoms with Crippen LogP contribution in [0.3, 0.4) is 0 Å². The van der Waals surface area contributed by atoms with E-state index < -0.39 is 23.0 Å². The van der Waals surface area contributed by atoms with Gasteiger partial charge in [-0.2, -0.15) is 0 Å². The van der Waals surface area contributed by atoms with Crippen LogP contribution in [-0.4, -0.2) is 39.8 Å². The van der Waals surface area contributed by atoms with Crippen LogP contribution in [0.15, 0.2) is 101 Å². The van der Waals surface area contributed by atoms with E-state index in [1.807, 2.05) is 66.7 Å². The number of carbonyl (C=O) groups is 1. The summed E-state index contributed by atoms with van der Waals surface area (Å²) in [5.41, 5.74) is 5.34. The summed E-state index contributed by atoms with van der Waals surface area (Å²) in [7, 11) is 0. The number of nitro groups is 1. The van der Waals surface area contributed by atoms with Crippen LogP contribution in [-0.2, 0) is 11.2 Å². The topological polar surface area (TPSA) is 117 Å². The first-order valence-electron chi connectivity index (χ1n) is 13.0. The minimum Gasteiger partial charge on any atom is -0.480 e. The molecule has 2 N–H and O–H groups in total. The number of aliphatic hydroxyl groups excluding tert-OH is 1. The highest BCUT2D eigenvalue weighted by Crippen LogP contribution is 2.39. The molecule has 1 fully saturated rings. The number of aliphatic carboxylic acids is 1. The molecule has 0 spiro atoms. The van der Waals surface area contributed by atoms with Crippen LogP contribution in [0.4, 0.5) is 11.4 Å². The predicted octanol–water partition coefficient (Wildman–Crippen LogP) is 6.29. The molecule has 5 aromatic rings. The number of carboxylic acids is 1. The Kier molecular flexibility index (Phi) is 6.53. The predicted molar refractivity (Wildman–Crippen MR) is 152 cm³/mol. The number of anilines is 1. The Morgan fingerprint density at radius 3 is 2.33 bits per heavy atom. The number of benzene rings is 4. The quantitative estimate of drug-likeness (QED) is 0.186. The van der Waals surface area contributed by atoms with E-state index in [2.05, 4.69) is 12.1 Å². The number of furan rings is 1. The molecule has 2 heterocycles. The van der Waals surface area contributed by atoms with E-state index in [4.69, 9.17) is 4.42 Å². The van der Waals surface area contributed by atoms with Crippen molar-refractivity contribution >= 4 is 28.3 Å². The number of aliphatic hydroxyl groups is 1. The Morgan fingerprint density at radius 2 is 1.60 bits per heavy atom. The summed E-state index contributed by atoms with van der Waals surface area (Å²) < 4.78 is 6.27. The normalized spacial score (nSPS) is 16.9. The summed E-state index contributed by atoms with van der Waals surface area (Å²) in [6.07, 6.45) is -0.202. The number of fused-ring (bicyclic) bond motifs is 1. The number of hydrogen-bond donors (Lipinski definition) is 2. The summed E-state index contributed by atoms with van der Waals surface area (Å²) in [4.78, 5) is 24.6. The zero-order valence-corrected chi connectivity index (χ0v) is 21.4. The highest BCUT2D eigenvalue weighted by molar-refractivity contribution is 5.96. The second kappa shape index (κ2) is 10.3. The molecule has 1 saturated heterocycles. The molecule has 6 rings (SSSR count). The molecule has 40 heavy (non-hydrogen) atoms. The van der Waals surface area contributed by atoms with Gasteiger partial charge in [0.2, 0.25) is 0 Å². The molecule has 0 saturated carbocycles. The molecular formula is C32H26N2O6. The lowest BCUT2D eigenvalue weighted by Gasteiger charge is -2.23. The van der Waals surface area contributed by atoms with Crippen molar-refractivity contribution in [2.45, 2.75) is 25.0 Å². The van der Waals surface area contributed by atoms with Gasteiger partial charge < -0.3 is 19.5 Å². The molecule has 4 aromatic carbocycles. The third kappa shape index (κ3) is 4.69. The lowest BCUT2D eigenvalue weighted by molar-refractivity contribution is -0.384. The number of carboxylic acid groups (broad SMARTS) is 1. The average molecular weight is 535 g/mol.